The maximum atomic E-state index is 11.7. The Morgan fingerprint density at radius 2 is 1.91 bits per heavy atom. The molecule has 1 aromatic carbocycles. The first-order valence-corrected chi connectivity index (χ1v) is 12.4. The summed E-state index contributed by atoms with van der Waals surface area (Å²) in [6.07, 6.45) is 9.05. The van der Waals surface area contributed by atoms with E-state index in [1.54, 1.807) is 6.92 Å². The molecule has 5 rings (SSSR count). The number of ketones is 1. The van der Waals surface area contributed by atoms with E-state index in [1.165, 1.54) is 38.0 Å². The van der Waals surface area contributed by atoms with Crippen LogP contribution in [0.15, 0.2) is 53.1 Å². The first-order valence-electron chi connectivity index (χ1n) is 12.4. The van der Waals surface area contributed by atoms with Crippen molar-refractivity contribution in [2.75, 3.05) is 24.5 Å². The summed E-state index contributed by atoms with van der Waals surface area (Å²) in [6.45, 7) is 8.31. The molecule has 6 heteroatoms. The van der Waals surface area contributed by atoms with Gasteiger partial charge in [-0.05, 0) is 75.8 Å². The third-order valence-corrected chi connectivity index (χ3v) is 6.79. The average molecular weight is 449 g/mol. The highest BCUT2D eigenvalue weighted by Gasteiger charge is 2.29. The molecule has 176 valence electrons. The summed E-state index contributed by atoms with van der Waals surface area (Å²) in [6, 6.07) is 14.4. The lowest BCUT2D eigenvalue weighted by molar-refractivity contribution is -0.118. The van der Waals surface area contributed by atoms with E-state index >= 15 is 0 Å². The molecule has 3 aromatic rings. The number of carbonyl (C=O) groups is 1. The van der Waals surface area contributed by atoms with E-state index in [1.807, 2.05) is 41.4 Å². The Kier molecular flexibility index (Phi) is 8.10. The predicted octanol–water partition coefficient (Wildman–Crippen LogP) is 5.48. The van der Waals surface area contributed by atoms with E-state index in [9.17, 15) is 4.79 Å². The van der Waals surface area contributed by atoms with Crippen molar-refractivity contribution in [2.45, 2.75) is 65.0 Å². The minimum Gasteiger partial charge on any atom is -0.423 e. The van der Waals surface area contributed by atoms with Crippen molar-refractivity contribution in [3.05, 3.63) is 54.4 Å². The van der Waals surface area contributed by atoms with Crippen LogP contribution in [0.25, 0.3) is 11.1 Å². The number of carbonyl (C=O) groups excluding carboxylic acids is 1. The van der Waals surface area contributed by atoms with Gasteiger partial charge in [0.15, 0.2) is 11.4 Å². The van der Waals surface area contributed by atoms with Gasteiger partial charge in [-0.1, -0.05) is 31.5 Å². The molecule has 0 spiro atoms. The summed E-state index contributed by atoms with van der Waals surface area (Å²) in [4.78, 5) is 25.1. The predicted molar refractivity (Wildman–Crippen MR) is 132 cm³/mol. The number of likely N-dealkylation sites (tertiary alicyclic amines) is 1. The lowest BCUT2D eigenvalue weighted by Crippen LogP contribution is -2.44. The van der Waals surface area contributed by atoms with Crippen LogP contribution in [0, 0.1) is 5.92 Å². The first kappa shape index (κ1) is 23.4. The second-order valence-electron chi connectivity index (χ2n) is 9.25. The summed E-state index contributed by atoms with van der Waals surface area (Å²) < 4.78 is 5.75. The Labute approximate surface area is 197 Å². The zero-order valence-corrected chi connectivity index (χ0v) is 19.9. The number of piperidine rings is 2. The van der Waals surface area contributed by atoms with Gasteiger partial charge in [-0.3, -0.25) is 14.7 Å². The third kappa shape index (κ3) is 6.20. The van der Waals surface area contributed by atoms with Crippen LogP contribution < -0.4 is 4.90 Å². The standard InChI is InChI=1S/C14H16N2O2.C13H20N2/c1-10(17)12-7-4-5-9-16(12)14-15-11-6-2-3-8-13(11)18-14;1-2-12-6-5-9-15(10-12)11-13-7-3-4-8-14-13/h2-3,6,8,12H,4-5,7,9H2,1H3;3-4,7-8,12H,2,5-6,9-11H2,1H3. The molecule has 0 amide bonds. The van der Waals surface area contributed by atoms with Gasteiger partial charge < -0.3 is 9.32 Å². The monoisotopic (exact) mass is 448 g/mol. The first-order chi connectivity index (χ1) is 16.1. The largest absolute Gasteiger partial charge is 0.423 e. The molecule has 2 aliphatic heterocycles. The molecule has 2 unspecified atom stereocenters. The van der Waals surface area contributed by atoms with Crippen molar-refractivity contribution in [2.24, 2.45) is 5.92 Å². The fraction of sp³-hybridized carbons (Fsp3) is 0.519. The van der Waals surface area contributed by atoms with Crippen LogP contribution in [0.2, 0.25) is 0 Å². The van der Waals surface area contributed by atoms with Gasteiger partial charge in [0.05, 0.1) is 11.7 Å². The maximum absolute atomic E-state index is 11.7. The zero-order valence-electron chi connectivity index (χ0n) is 19.9. The molecule has 33 heavy (non-hydrogen) atoms. The number of benzene rings is 1. The summed E-state index contributed by atoms with van der Waals surface area (Å²) in [5, 5.41) is 0. The van der Waals surface area contributed by atoms with E-state index < -0.39 is 0 Å². The Morgan fingerprint density at radius 1 is 1.06 bits per heavy atom. The maximum Gasteiger partial charge on any atom is 0.298 e. The van der Waals surface area contributed by atoms with Gasteiger partial charge in [0.25, 0.3) is 6.01 Å². The van der Waals surface area contributed by atoms with E-state index in [0.717, 1.165) is 49.4 Å². The summed E-state index contributed by atoms with van der Waals surface area (Å²) in [7, 11) is 0. The number of fused-ring (bicyclic) bond motifs is 1. The number of aromatic nitrogens is 2. The number of para-hydroxylation sites is 2. The number of hydrogen-bond acceptors (Lipinski definition) is 6. The summed E-state index contributed by atoms with van der Waals surface area (Å²) in [5.41, 5.74) is 2.83. The minimum absolute atomic E-state index is 0.0770. The van der Waals surface area contributed by atoms with Crippen LogP contribution in [0.5, 0.6) is 0 Å². The topological polar surface area (TPSA) is 62.5 Å². The number of oxazole rings is 1. The highest BCUT2D eigenvalue weighted by Crippen LogP contribution is 2.28. The van der Waals surface area contributed by atoms with Crippen LogP contribution in [0.4, 0.5) is 6.01 Å². The van der Waals surface area contributed by atoms with Gasteiger partial charge in [0.1, 0.15) is 5.52 Å². The molecule has 2 aromatic heterocycles. The second kappa shape index (κ2) is 11.4. The molecule has 2 saturated heterocycles. The van der Waals surface area contributed by atoms with Gasteiger partial charge in [-0.2, -0.15) is 4.98 Å². The van der Waals surface area contributed by atoms with E-state index in [0.29, 0.717) is 6.01 Å². The average Bonchev–Trinajstić information content (AvgIpc) is 3.29. The Hall–Kier alpha value is -2.73. The van der Waals surface area contributed by atoms with Crippen molar-refractivity contribution >= 4 is 22.9 Å². The molecule has 2 fully saturated rings. The van der Waals surface area contributed by atoms with Gasteiger partial charge in [0, 0.05) is 25.8 Å². The van der Waals surface area contributed by atoms with Crippen molar-refractivity contribution in [3.8, 4) is 0 Å². The molecule has 0 bridgehead atoms. The van der Waals surface area contributed by atoms with E-state index in [-0.39, 0.29) is 11.8 Å². The molecule has 0 radical (unpaired) electrons. The van der Waals surface area contributed by atoms with Crippen LogP contribution in [0.3, 0.4) is 0 Å². The highest BCUT2D eigenvalue weighted by molar-refractivity contribution is 5.85. The number of rotatable bonds is 5. The number of hydrogen-bond donors (Lipinski definition) is 0. The molecule has 2 atom stereocenters. The van der Waals surface area contributed by atoms with Crippen LogP contribution in [0.1, 0.15) is 58.1 Å². The third-order valence-electron chi connectivity index (χ3n) is 6.79. The molecule has 6 nitrogen and oxygen atoms in total. The van der Waals surface area contributed by atoms with Crippen molar-refractivity contribution in [3.63, 3.8) is 0 Å². The number of nitrogens with zero attached hydrogens (tertiary/aromatic N) is 4. The summed E-state index contributed by atoms with van der Waals surface area (Å²) in [5.74, 6) is 1.10. The number of pyridine rings is 1. The smallest absolute Gasteiger partial charge is 0.298 e. The lowest BCUT2D eigenvalue weighted by Gasteiger charge is -2.32. The van der Waals surface area contributed by atoms with E-state index in [4.69, 9.17) is 4.42 Å². The van der Waals surface area contributed by atoms with Crippen molar-refractivity contribution < 1.29 is 9.21 Å². The van der Waals surface area contributed by atoms with Crippen LogP contribution in [-0.4, -0.2) is 46.3 Å². The minimum atomic E-state index is -0.0770. The Bertz CT molecular complexity index is 986. The van der Waals surface area contributed by atoms with Crippen molar-refractivity contribution in [1.29, 1.82) is 0 Å². The molecular formula is C27H36N4O2. The van der Waals surface area contributed by atoms with Gasteiger partial charge >= 0.3 is 0 Å². The SMILES string of the molecule is CC(=O)C1CCCCN1c1nc2ccccc2o1.CCC1CCCN(Cc2ccccn2)C1. The van der Waals surface area contributed by atoms with Gasteiger partial charge in [0.2, 0.25) is 0 Å². The van der Waals surface area contributed by atoms with Crippen LogP contribution >= 0.6 is 0 Å². The zero-order chi connectivity index (χ0) is 23.0. The molecule has 4 heterocycles. The highest BCUT2D eigenvalue weighted by atomic mass is 16.4. The van der Waals surface area contributed by atoms with Crippen molar-refractivity contribution in [1.82, 2.24) is 14.9 Å². The Morgan fingerprint density at radius 3 is 2.67 bits per heavy atom. The number of anilines is 1. The van der Waals surface area contributed by atoms with Gasteiger partial charge in [-0.15, -0.1) is 0 Å². The van der Waals surface area contributed by atoms with Gasteiger partial charge in [-0.25, -0.2) is 0 Å². The molecule has 0 saturated carbocycles. The quantitative estimate of drug-likeness (QED) is 0.515. The Balaban J connectivity index is 0.000000160. The molecule has 0 N–H and O–H groups in total. The fourth-order valence-electron chi connectivity index (χ4n) is 4.91. The second-order valence-corrected chi connectivity index (χ2v) is 9.25. The lowest BCUT2D eigenvalue weighted by atomic mass is 9.95. The summed E-state index contributed by atoms with van der Waals surface area (Å²) >= 11 is 0. The normalized spacial score (nSPS) is 21.5. The molecule has 2 aliphatic rings. The molecular weight excluding hydrogens is 412 g/mol. The number of Topliss-reactive ketones (excluding diaryl/α,β-unsaturated/α-hetero) is 1. The molecule has 0 aliphatic carbocycles. The van der Waals surface area contributed by atoms with Crippen LogP contribution in [-0.2, 0) is 11.3 Å². The van der Waals surface area contributed by atoms with E-state index in [2.05, 4.69) is 33.9 Å². The fourth-order valence-corrected chi connectivity index (χ4v) is 4.91.